The second kappa shape index (κ2) is 5.82. The van der Waals surface area contributed by atoms with Crippen LogP contribution in [0, 0.1) is 11.3 Å². The molecule has 2 heterocycles. The highest BCUT2D eigenvalue weighted by molar-refractivity contribution is 6.34. The molecule has 5 nitrogen and oxygen atoms in total. The molecule has 1 N–H and O–H groups in total. The number of nitriles is 1. The third-order valence-electron chi connectivity index (χ3n) is 4.11. The molecule has 0 fully saturated rings. The molecule has 0 saturated carbocycles. The SMILES string of the molecule is CC1(C)Oc2ccc(C#N)cc2C(n2cc(Cl)cc(Cl)c2=O)C1O. The van der Waals surface area contributed by atoms with Crippen molar-refractivity contribution >= 4 is 23.2 Å². The summed E-state index contributed by atoms with van der Waals surface area (Å²) in [7, 11) is 0. The number of nitrogens with zero attached hydrogens (tertiary/aromatic N) is 2. The van der Waals surface area contributed by atoms with Crippen molar-refractivity contribution in [1.82, 2.24) is 4.57 Å². The maximum atomic E-state index is 12.5. The smallest absolute Gasteiger partial charge is 0.270 e. The van der Waals surface area contributed by atoms with Crippen molar-refractivity contribution in [2.75, 3.05) is 0 Å². The molecule has 0 radical (unpaired) electrons. The normalized spacial score (nSPS) is 21.5. The molecule has 0 aliphatic carbocycles. The molecule has 2 unspecified atom stereocenters. The lowest BCUT2D eigenvalue weighted by atomic mass is 9.85. The number of pyridine rings is 1. The van der Waals surface area contributed by atoms with Crippen LogP contribution in [0.25, 0.3) is 0 Å². The Hall–Kier alpha value is -2.00. The van der Waals surface area contributed by atoms with E-state index in [1.165, 1.54) is 16.8 Å². The first-order valence-electron chi connectivity index (χ1n) is 7.23. The minimum atomic E-state index is -1.05. The fraction of sp³-hybridized carbons (Fsp3) is 0.294. The van der Waals surface area contributed by atoms with E-state index in [9.17, 15) is 9.90 Å². The highest BCUT2D eigenvalue weighted by Crippen LogP contribution is 2.42. The van der Waals surface area contributed by atoms with Crippen molar-refractivity contribution < 1.29 is 9.84 Å². The van der Waals surface area contributed by atoms with Gasteiger partial charge >= 0.3 is 0 Å². The van der Waals surface area contributed by atoms with Crippen LogP contribution in [0.3, 0.4) is 0 Å². The average molecular weight is 365 g/mol. The molecule has 0 bridgehead atoms. The molecule has 124 valence electrons. The second-order valence-corrected chi connectivity index (χ2v) is 7.02. The fourth-order valence-electron chi connectivity index (χ4n) is 2.88. The molecular weight excluding hydrogens is 351 g/mol. The Morgan fingerprint density at radius 3 is 2.71 bits per heavy atom. The van der Waals surface area contributed by atoms with E-state index in [1.54, 1.807) is 32.0 Å². The maximum Gasteiger partial charge on any atom is 0.270 e. The van der Waals surface area contributed by atoms with Crippen molar-refractivity contribution in [2.24, 2.45) is 0 Å². The number of hydrogen-bond acceptors (Lipinski definition) is 4. The van der Waals surface area contributed by atoms with Gasteiger partial charge in [0.05, 0.1) is 22.7 Å². The first kappa shape index (κ1) is 16.8. The summed E-state index contributed by atoms with van der Waals surface area (Å²) in [6.45, 7) is 3.45. The van der Waals surface area contributed by atoms with Crippen LogP contribution in [0.5, 0.6) is 5.75 Å². The Morgan fingerprint density at radius 2 is 2.04 bits per heavy atom. The Labute approximate surface area is 148 Å². The third-order valence-corrected chi connectivity index (χ3v) is 4.58. The van der Waals surface area contributed by atoms with Gasteiger partial charge in [-0.15, -0.1) is 0 Å². The summed E-state index contributed by atoms with van der Waals surface area (Å²) in [6, 6.07) is 7.50. The van der Waals surface area contributed by atoms with Gasteiger partial charge in [0.2, 0.25) is 0 Å². The largest absolute Gasteiger partial charge is 0.485 e. The van der Waals surface area contributed by atoms with Crippen LogP contribution in [0.2, 0.25) is 10.0 Å². The average Bonchev–Trinajstić information content (AvgIpc) is 2.52. The highest BCUT2D eigenvalue weighted by atomic mass is 35.5. The van der Waals surface area contributed by atoms with Gasteiger partial charge < -0.3 is 14.4 Å². The number of ether oxygens (including phenoxy) is 1. The van der Waals surface area contributed by atoms with E-state index in [4.69, 9.17) is 33.2 Å². The van der Waals surface area contributed by atoms with Crippen LogP contribution >= 0.6 is 23.2 Å². The minimum absolute atomic E-state index is 0.0445. The van der Waals surface area contributed by atoms with Crippen LogP contribution < -0.4 is 10.3 Å². The monoisotopic (exact) mass is 364 g/mol. The van der Waals surface area contributed by atoms with Gasteiger partial charge in [-0.1, -0.05) is 23.2 Å². The first-order valence-corrected chi connectivity index (χ1v) is 7.98. The van der Waals surface area contributed by atoms with Crippen LogP contribution in [-0.4, -0.2) is 21.4 Å². The van der Waals surface area contributed by atoms with E-state index in [0.717, 1.165) is 0 Å². The zero-order valence-corrected chi connectivity index (χ0v) is 14.5. The molecule has 2 atom stereocenters. The van der Waals surface area contributed by atoms with Gasteiger partial charge in [0.1, 0.15) is 22.5 Å². The molecule has 1 aromatic heterocycles. The molecule has 1 aromatic carbocycles. The van der Waals surface area contributed by atoms with Crippen LogP contribution in [0.15, 0.2) is 35.3 Å². The topological polar surface area (TPSA) is 75.2 Å². The molecule has 24 heavy (non-hydrogen) atoms. The van der Waals surface area contributed by atoms with Crippen LogP contribution in [0.4, 0.5) is 0 Å². The Bertz CT molecular complexity index is 915. The van der Waals surface area contributed by atoms with Crippen molar-refractivity contribution in [1.29, 1.82) is 5.26 Å². The van der Waals surface area contributed by atoms with Crippen LogP contribution in [0.1, 0.15) is 31.0 Å². The number of halogens is 2. The molecule has 0 spiro atoms. The number of aliphatic hydroxyl groups is 1. The highest BCUT2D eigenvalue weighted by Gasteiger charge is 2.44. The van der Waals surface area contributed by atoms with Gasteiger partial charge in [-0.3, -0.25) is 4.79 Å². The molecule has 2 aromatic rings. The summed E-state index contributed by atoms with van der Waals surface area (Å²) in [4.78, 5) is 12.5. The van der Waals surface area contributed by atoms with E-state index in [-0.39, 0.29) is 10.0 Å². The van der Waals surface area contributed by atoms with E-state index in [2.05, 4.69) is 0 Å². The third kappa shape index (κ3) is 2.67. The van der Waals surface area contributed by atoms with E-state index >= 15 is 0 Å². The Balaban J connectivity index is 2.31. The van der Waals surface area contributed by atoms with Gasteiger partial charge in [-0.2, -0.15) is 5.26 Å². The lowest BCUT2D eigenvalue weighted by molar-refractivity contribution is -0.0642. The zero-order valence-electron chi connectivity index (χ0n) is 13.0. The van der Waals surface area contributed by atoms with Gasteiger partial charge in [0.15, 0.2) is 0 Å². The predicted octanol–water partition coefficient (Wildman–Crippen LogP) is 3.15. The summed E-state index contributed by atoms with van der Waals surface area (Å²) < 4.78 is 7.13. The summed E-state index contributed by atoms with van der Waals surface area (Å²) >= 11 is 12.0. The number of rotatable bonds is 1. The minimum Gasteiger partial charge on any atom is -0.485 e. The second-order valence-electron chi connectivity index (χ2n) is 6.18. The standard InChI is InChI=1S/C17H14Cl2N2O3/c1-17(2)15(22)14(21-8-10(18)6-12(19)16(21)23)11-5-9(7-20)3-4-13(11)24-17/h3-6,8,14-15,22H,1-2H3. The predicted molar refractivity (Wildman–Crippen MR) is 90.7 cm³/mol. The quantitative estimate of drug-likeness (QED) is 0.843. The van der Waals surface area contributed by atoms with Gasteiger partial charge in [0, 0.05) is 11.8 Å². The summed E-state index contributed by atoms with van der Waals surface area (Å²) in [6.07, 6.45) is 0.375. The zero-order chi connectivity index (χ0) is 17.6. The van der Waals surface area contributed by atoms with Crippen molar-refractivity contribution in [3.05, 3.63) is 62.0 Å². The van der Waals surface area contributed by atoms with Crippen LogP contribution in [-0.2, 0) is 0 Å². The van der Waals surface area contributed by atoms with Gasteiger partial charge in [0.25, 0.3) is 5.56 Å². The molecule has 1 aliphatic heterocycles. The van der Waals surface area contributed by atoms with Crippen molar-refractivity contribution in [3.63, 3.8) is 0 Å². The van der Waals surface area contributed by atoms with Gasteiger partial charge in [-0.05, 0) is 38.1 Å². The molecule has 0 saturated heterocycles. The molecular formula is C17H14Cl2N2O3. The fourth-order valence-corrected chi connectivity index (χ4v) is 3.36. The summed E-state index contributed by atoms with van der Waals surface area (Å²) in [5, 5.41) is 20.2. The number of benzene rings is 1. The van der Waals surface area contributed by atoms with Gasteiger partial charge in [-0.25, -0.2) is 0 Å². The van der Waals surface area contributed by atoms with E-state index in [0.29, 0.717) is 16.9 Å². The van der Waals surface area contributed by atoms with E-state index in [1.807, 2.05) is 6.07 Å². The summed E-state index contributed by atoms with van der Waals surface area (Å²) in [5.74, 6) is 0.497. The van der Waals surface area contributed by atoms with E-state index < -0.39 is 23.3 Å². The Morgan fingerprint density at radius 1 is 1.33 bits per heavy atom. The maximum absolute atomic E-state index is 12.5. The van der Waals surface area contributed by atoms with Crippen molar-refractivity contribution in [3.8, 4) is 11.8 Å². The molecule has 1 aliphatic rings. The number of aliphatic hydroxyl groups excluding tert-OH is 1. The Kier molecular flexibility index (Phi) is 4.08. The number of hydrogen-bond donors (Lipinski definition) is 1. The molecule has 0 amide bonds. The lowest BCUT2D eigenvalue weighted by Gasteiger charge is -2.42. The first-order chi connectivity index (χ1) is 11.2. The molecule has 3 rings (SSSR count). The van der Waals surface area contributed by atoms with Crippen molar-refractivity contribution in [2.45, 2.75) is 31.6 Å². The lowest BCUT2D eigenvalue weighted by Crippen LogP contribution is -2.52. The number of aromatic nitrogens is 1. The summed E-state index contributed by atoms with van der Waals surface area (Å²) in [5.41, 5.74) is -0.493. The number of fused-ring (bicyclic) bond motifs is 1. The molecule has 7 heteroatoms.